The molecule has 1 heterocycles. The molecule has 1 aliphatic carbocycles. The lowest BCUT2D eigenvalue weighted by atomic mass is 9.91. The van der Waals surface area contributed by atoms with Crippen molar-refractivity contribution in [2.45, 2.75) is 0 Å². The van der Waals surface area contributed by atoms with Crippen LogP contribution in [0.2, 0.25) is 5.02 Å². The Labute approximate surface area is 147 Å². The molecule has 4 nitrogen and oxygen atoms in total. The third-order valence-corrected chi connectivity index (χ3v) is 4.35. The average molecular weight is 350 g/mol. The second-order valence-electron chi connectivity index (χ2n) is 5.68. The molecule has 0 fully saturated rings. The molecule has 1 aliphatic heterocycles. The number of hydrogen-bond acceptors (Lipinski definition) is 3. The van der Waals surface area contributed by atoms with Gasteiger partial charge >= 0.3 is 5.97 Å². The van der Waals surface area contributed by atoms with Gasteiger partial charge < -0.3 is 14.9 Å². The van der Waals surface area contributed by atoms with E-state index in [9.17, 15) is 9.90 Å². The lowest BCUT2D eigenvalue weighted by molar-refractivity contribution is 0.0697. The van der Waals surface area contributed by atoms with Gasteiger partial charge in [0.15, 0.2) is 0 Å². The fraction of sp³-hybridized carbons (Fsp3) is 0. The molecule has 0 atom stereocenters. The molecule has 5 heteroatoms. The number of benzene rings is 3. The van der Waals surface area contributed by atoms with Crippen LogP contribution in [-0.4, -0.2) is 11.1 Å². The molecule has 2 aromatic carbocycles. The Hall–Kier alpha value is -3.11. The van der Waals surface area contributed by atoms with Gasteiger partial charge in [-0.2, -0.15) is 0 Å². The van der Waals surface area contributed by atoms with Crippen molar-refractivity contribution in [1.29, 1.82) is 5.41 Å². The van der Waals surface area contributed by atoms with Crippen LogP contribution < -0.4 is 5.36 Å². The van der Waals surface area contributed by atoms with Crippen molar-refractivity contribution in [1.82, 2.24) is 0 Å². The van der Waals surface area contributed by atoms with Gasteiger partial charge in [-0.25, -0.2) is 4.79 Å². The van der Waals surface area contributed by atoms with Crippen LogP contribution in [0.1, 0.15) is 10.4 Å². The Morgan fingerprint density at radius 3 is 2.60 bits per heavy atom. The van der Waals surface area contributed by atoms with Crippen molar-refractivity contribution in [2.75, 3.05) is 0 Å². The lowest BCUT2D eigenvalue weighted by Crippen LogP contribution is -2.03. The quantitative estimate of drug-likeness (QED) is 0.498. The molecule has 0 bridgehead atoms. The molecule has 0 radical (unpaired) electrons. The summed E-state index contributed by atoms with van der Waals surface area (Å²) in [5.74, 6) is -0.485. The summed E-state index contributed by atoms with van der Waals surface area (Å²) in [7, 11) is 0. The predicted molar refractivity (Wildman–Crippen MR) is 96.1 cm³/mol. The van der Waals surface area contributed by atoms with Gasteiger partial charge in [-0.1, -0.05) is 29.8 Å². The van der Waals surface area contributed by atoms with Crippen molar-refractivity contribution in [3.8, 4) is 22.5 Å². The molecule has 2 N–H and O–H groups in total. The number of carboxylic acid groups (broad SMARTS) is 1. The molecule has 0 saturated heterocycles. The van der Waals surface area contributed by atoms with E-state index in [1.54, 1.807) is 54.6 Å². The Morgan fingerprint density at radius 2 is 1.80 bits per heavy atom. The van der Waals surface area contributed by atoms with Crippen LogP contribution in [0.3, 0.4) is 0 Å². The van der Waals surface area contributed by atoms with Crippen LogP contribution in [0.25, 0.3) is 33.4 Å². The first-order chi connectivity index (χ1) is 12.0. The highest BCUT2D eigenvalue weighted by Crippen LogP contribution is 2.41. The number of carbonyl (C=O) groups is 1. The van der Waals surface area contributed by atoms with Crippen LogP contribution in [0.4, 0.5) is 0 Å². The standard InChI is InChI=1S/C20H12ClNO3/c21-11-5-7-15-17(9-11)25-18-10-12(22)6-8-16(18)19(15)13-3-1-2-4-14(13)20(23)24/h1-10,22H,(H,23,24). The fourth-order valence-corrected chi connectivity index (χ4v) is 3.20. The first kappa shape index (κ1) is 15.4. The monoisotopic (exact) mass is 349 g/mol. The minimum Gasteiger partial charge on any atom is -0.478 e. The molecule has 25 heavy (non-hydrogen) atoms. The summed E-state index contributed by atoms with van der Waals surface area (Å²) >= 11 is 6.09. The van der Waals surface area contributed by atoms with E-state index in [0.29, 0.717) is 27.3 Å². The third-order valence-electron chi connectivity index (χ3n) is 4.11. The van der Waals surface area contributed by atoms with Crippen LogP contribution in [0.5, 0.6) is 0 Å². The molecular formula is C20H12ClNO3. The van der Waals surface area contributed by atoms with Crippen LogP contribution >= 0.6 is 11.6 Å². The van der Waals surface area contributed by atoms with E-state index in [-0.39, 0.29) is 5.56 Å². The van der Waals surface area contributed by atoms with Gasteiger partial charge in [0.25, 0.3) is 0 Å². The zero-order chi connectivity index (χ0) is 17.6. The second kappa shape index (κ2) is 5.76. The van der Waals surface area contributed by atoms with Gasteiger partial charge in [0.1, 0.15) is 11.3 Å². The number of carboxylic acids is 1. The van der Waals surface area contributed by atoms with Crippen molar-refractivity contribution in [3.05, 3.63) is 76.6 Å². The van der Waals surface area contributed by atoms with E-state index in [4.69, 9.17) is 21.4 Å². The lowest BCUT2D eigenvalue weighted by Gasteiger charge is -2.16. The summed E-state index contributed by atoms with van der Waals surface area (Å²) in [5.41, 5.74) is 2.85. The number of hydrogen-bond donors (Lipinski definition) is 2. The molecule has 122 valence electrons. The van der Waals surface area contributed by atoms with Crippen LogP contribution in [-0.2, 0) is 0 Å². The van der Waals surface area contributed by atoms with E-state index in [1.165, 1.54) is 0 Å². The van der Waals surface area contributed by atoms with E-state index >= 15 is 0 Å². The molecule has 2 aliphatic rings. The average Bonchev–Trinajstić information content (AvgIpc) is 2.59. The molecule has 0 saturated carbocycles. The van der Waals surface area contributed by atoms with Crippen molar-refractivity contribution in [3.63, 3.8) is 0 Å². The first-order valence-corrected chi connectivity index (χ1v) is 7.96. The third kappa shape index (κ3) is 2.57. The summed E-state index contributed by atoms with van der Waals surface area (Å²) in [5, 5.41) is 19.0. The van der Waals surface area contributed by atoms with Gasteiger partial charge in [-0.15, -0.1) is 0 Å². The van der Waals surface area contributed by atoms with Crippen molar-refractivity contribution in [2.24, 2.45) is 0 Å². The Kier molecular flexibility index (Phi) is 3.55. The van der Waals surface area contributed by atoms with E-state index in [1.807, 2.05) is 6.07 Å². The molecule has 0 unspecified atom stereocenters. The number of nitrogens with one attached hydrogen (secondary N) is 1. The van der Waals surface area contributed by atoms with Crippen molar-refractivity contribution >= 4 is 28.5 Å². The normalized spacial score (nSPS) is 11.1. The predicted octanol–water partition coefficient (Wildman–Crippen LogP) is 5.04. The first-order valence-electron chi connectivity index (χ1n) is 7.58. The number of aromatic carboxylic acids is 1. The van der Waals surface area contributed by atoms with Crippen LogP contribution in [0, 0.1) is 5.41 Å². The summed E-state index contributed by atoms with van der Waals surface area (Å²) in [6.07, 6.45) is 0. The molecule has 4 rings (SSSR count). The van der Waals surface area contributed by atoms with Gasteiger partial charge in [-0.05, 0) is 35.9 Å². The summed E-state index contributed by atoms with van der Waals surface area (Å²) in [4.78, 5) is 11.7. The van der Waals surface area contributed by atoms with E-state index in [0.717, 1.165) is 16.5 Å². The van der Waals surface area contributed by atoms with Gasteiger partial charge in [0.2, 0.25) is 0 Å². The topological polar surface area (TPSA) is 74.3 Å². The van der Waals surface area contributed by atoms with Gasteiger partial charge in [0.05, 0.1) is 10.9 Å². The summed E-state index contributed by atoms with van der Waals surface area (Å²) < 4.78 is 5.92. The maximum absolute atomic E-state index is 11.7. The molecule has 0 amide bonds. The van der Waals surface area contributed by atoms with Crippen LogP contribution in [0.15, 0.2) is 65.1 Å². The van der Waals surface area contributed by atoms with Crippen molar-refractivity contribution < 1.29 is 14.3 Å². The number of fused-ring (bicyclic) bond motifs is 2. The maximum Gasteiger partial charge on any atom is 0.336 e. The Morgan fingerprint density at radius 1 is 1.00 bits per heavy atom. The summed E-state index contributed by atoms with van der Waals surface area (Å²) in [6.45, 7) is 0. The minimum absolute atomic E-state index is 0.209. The Balaban J connectivity index is 2.22. The minimum atomic E-state index is -0.997. The smallest absolute Gasteiger partial charge is 0.336 e. The Bertz CT molecular complexity index is 1160. The number of rotatable bonds is 2. The molecule has 0 aromatic heterocycles. The number of halogens is 1. The zero-order valence-corrected chi connectivity index (χ0v) is 13.7. The summed E-state index contributed by atoms with van der Waals surface area (Å²) in [6, 6.07) is 17.2. The molecular weight excluding hydrogens is 338 g/mol. The highest BCUT2D eigenvalue weighted by Gasteiger charge is 2.20. The molecule has 2 aromatic rings. The van der Waals surface area contributed by atoms with E-state index < -0.39 is 5.97 Å². The SMILES string of the molecule is N=c1ccc2c(-c3ccccc3C(=O)O)c3ccc(Cl)cc3oc-2c1. The largest absolute Gasteiger partial charge is 0.478 e. The highest BCUT2D eigenvalue weighted by atomic mass is 35.5. The fourth-order valence-electron chi connectivity index (χ4n) is 3.04. The van der Waals surface area contributed by atoms with E-state index in [2.05, 4.69) is 0 Å². The molecule has 0 spiro atoms. The second-order valence-corrected chi connectivity index (χ2v) is 6.12. The zero-order valence-electron chi connectivity index (χ0n) is 12.9. The van der Waals surface area contributed by atoms with Gasteiger partial charge in [0, 0.05) is 33.7 Å². The van der Waals surface area contributed by atoms with Gasteiger partial charge in [-0.3, -0.25) is 0 Å². The maximum atomic E-state index is 11.7. The highest BCUT2D eigenvalue weighted by molar-refractivity contribution is 6.31.